The standard InChI is InChI=1S/C20H19BrN2O3S/c1-3-26-15-10-13(9-14(21)19(15)25)17-16(11(2)22-20(27)23-17)18(24)12-7-5-4-6-8-12/h4-10,17,25H,3H2,1-2H3,(H2,22,23,27). The van der Waals surface area contributed by atoms with E-state index in [0.29, 0.717) is 38.8 Å². The van der Waals surface area contributed by atoms with Crippen LogP contribution in [0.25, 0.3) is 0 Å². The molecule has 2 aromatic rings. The summed E-state index contributed by atoms with van der Waals surface area (Å²) in [5.74, 6) is 0.272. The Balaban J connectivity index is 2.11. The third-order valence-electron chi connectivity index (χ3n) is 4.23. The molecule has 0 amide bonds. The summed E-state index contributed by atoms with van der Waals surface area (Å²) in [7, 11) is 0. The zero-order chi connectivity index (χ0) is 19.6. The van der Waals surface area contributed by atoms with Gasteiger partial charge >= 0.3 is 0 Å². The van der Waals surface area contributed by atoms with Crippen LogP contribution in [0.3, 0.4) is 0 Å². The zero-order valence-corrected chi connectivity index (χ0v) is 17.3. The smallest absolute Gasteiger partial charge is 0.193 e. The number of allylic oxidation sites excluding steroid dienone is 1. The average molecular weight is 447 g/mol. The Morgan fingerprint density at radius 2 is 2.00 bits per heavy atom. The van der Waals surface area contributed by atoms with E-state index < -0.39 is 6.04 Å². The highest BCUT2D eigenvalue weighted by atomic mass is 79.9. The van der Waals surface area contributed by atoms with Gasteiger partial charge in [0.1, 0.15) is 0 Å². The van der Waals surface area contributed by atoms with E-state index in [9.17, 15) is 9.90 Å². The summed E-state index contributed by atoms with van der Waals surface area (Å²) in [4.78, 5) is 13.2. The van der Waals surface area contributed by atoms with Crippen LogP contribution in [0.2, 0.25) is 0 Å². The molecule has 1 aliphatic rings. The summed E-state index contributed by atoms with van der Waals surface area (Å²) in [6.07, 6.45) is 0. The van der Waals surface area contributed by atoms with E-state index in [2.05, 4.69) is 26.6 Å². The van der Waals surface area contributed by atoms with Gasteiger partial charge in [-0.05, 0) is 59.7 Å². The molecule has 140 valence electrons. The lowest BCUT2D eigenvalue weighted by molar-refractivity contribution is 0.102. The molecule has 27 heavy (non-hydrogen) atoms. The average Bonchev–Trinajstić information content (AvgIpc) is 2.65. The number of thiocarbonyl (C=S) groups is 1. The minimum Gasteiger partial charge on any atom is -0.503 e. The van der Waals surface area contributed by atoms with E-state index in [0.717, 1.165) is 5.56 Å². The second-order valence-electron chi connectivity index (χ2n) is 6.05. The Morgan fingerprint density at radius 3 is 2.67 bits per heavy atom. The Kier molecular flexibility index (Phi) is 5.82. The number of benzene rings is 2. The SMILES string of the molecule is CCOc1cc(C2NC(=S)NC(C)=C2C(=O)c2ccccc2)cc(Br)c1O. The third-order valence-corrected chi connectivity index (χ3v) is 5.06. The first kappa shape index (κ1) is 19.4. The van der Waals surface area contributed by atoms with Crippen molar-refractivity contribution >= 4 is 39.0 Å². The fraction of sp³-hybridized carbons (Fsp3) is 0.200. The first-order chi connectivity index (χ1) is 12.9. The number of aromatic hydroxyl groups is 1. The summed E-state index contributed by atoms with van der Waals surface area (Å²) in [5, 5.41) is 16.8. The van der Waals surface area contributed by atoms with Gasteiger partial charge < -0.3 is 20.5 Å². The first-order valence-corrected chi connectivity index (χ1v) is 9.65. The Labute approximate surface area is 171 Å². The number of halogens is 1. The lowest BCUT2D eigenvalue weighted by Gasteiger charge is -2.31. The molecule has 0 radical (unpaired) electrons. The van der Waals surface area contributed by atoms with Crippen LogP contribution in [-0.4, -0.2) is 22.6 Å². The van der Waals surface area contributed by atoms with Crippen LogP contribution in [0.5, 0.6) is 11.5 Å². The van der Waals surface area contributed by atoms with Crippen molar-refractivity contribution in [2.75, 3.05) is 6.61 Å². The van der Waals surface area contributed by atoms with Crippen molar-refractivity contribution in [3.05, 3.63) is 69.3 Å². The predicted octanol–water partition coefficient (Wildman–Crippen LogP) is 4.23. The molecule has 0 bridgehead atoms. The van der Waals surface area contributed by atoms with Gasteiger partial charge in [-0.15, -0.1) is 0 Å². The molecule has 0 saturated carbocycles. The largest absolute Gasteiger partial charge is 0.503 e. The van der Waals surface area contributed by atoms with Crippen LogP contribution in [0, 0.1) is 0 Å². The molecule has 7 heteroatoms. The number of phenols is 1. The molecular weight excluding hydrogens is 428 g/mol. The lowest BCUT2D eigenvalue weighted by atomic mass is 9.89. The van der Waals surface area contributed by atoms with Crippen LogP contribution < -0.4 is 15.4 Å². The highest BCUT2D eigenvalue weighted by molar-refractivity contribution is 9.10. The van der Waals surface area contributed by atoms with Crippen molar-refractivity contribution < 1.29 is 14.6 Å². The van der Waals surface area contributed by atoms with E-state index in [1.165, 1.54) is 0 Å². The fourth-order valence-corrected chi connectivity index (χ4v) is 3.75. The van der Waals surface area contributed by atoms with Gasteiger partial charge in [0.15, 0.2) is 22.4 Å². The molecule has 0 aliphatic carbocycles. The number of carbonyl (C=O) groups is 1. The van der Waals surface area contributed by atoms with Crippen molar-refractivity contribution in [2.45, 2.75) is 19.9 Å². The molecule has 1 atom stereocenters. The van der Waals surface area contributed by atoms with Gasteiger partial charge in [-0.2, -0.15) is 0 Å². The van der Waals surface area contributed by atoms with Crippen molar-refractivity contribution in [1.29, 1.82) is 0 Å². The number of rotatable bonds is 5. The van der Waals surface area contributed by atoms with Crippen LogP contribution in [0.1, 0.15) is 35.8 Å². The molecule has 1 unspecified atom stereocenters. The number of nitrogens with one attached hydrogen (secondary N) is 2. The van der Waals surface area contributed by atoms with E-state index in [1.54, 1.807) is 24.3 Å². The number of carbonyl (C=O) groups excluding carboxylic acids is 1. The third kappa shape index (κ3) is 3.99. The molecule has 0 aromatic heterocycles. The van der Waals surface area contributed by atoms with E-state index in [1.807, 2.05) is 32.0 Å². The number of hydrogen-bond donors (Lipinski definition) is 3. The molecule has 5 nitrogen and oxygen atoms in total. The summed E-state index contributed by atoms with van der Waals surface area (Å²) >= 11 is 8.66. The van der Waals surface area contributed by atoms with Crippen molar-refractivity contribution in [3.8, 4) is 11.5 Å². The van der Waals surface area contributed by atoms with E-state index in [4.69, 9.17) is 17.0 Å². The summed E-state index contributed by atoms with van der Waals surface area (Å²) in [6, 6.07) is 12.1. The van der Waals surface area contributed by atoms with Crippen LogP contribution >= 0.6 is 28.1 Å². The summed E-state index contributed by atoms with van der Waals surface area (Å²) in [5.41, 5.74) is 2.61. The van der Waals surface area contributed by atoms with Crippen LogP contribution in [0.4, 0.5) is 0 Å². The van der Waals surface area contributed by atoms with Gasteiger partial charge in [0.2, 0.25) is 0 Å². The predicted molar refractivity (Wildman–Crippen MR) is 112 cm³/mol. The van der Waals surface area contributed by atoms with E-state index >= 15 is 0 Å². The highest BCUT2D eigenvalue weighted by Crippen LogP contribution is 2.39. The zero-order valence-electron chi connectivity index (χ0n) is 14.9. The van der Waals surface area contributed by atoms with Crippen molar-refractivity contribution in [1.82, 2.24) is 10.6 Å². The summed E-state index contributed by atoms with van der Waals surface area (Å²) in [6.45, 7) is 4.08. The molecule has 1 aliphatic heterocycles. The van der Waals surface area contributed by atoms with Crippen LogP contribution in [0.15, 0.2) is 58.2 Å². The van der Waals surface area contributed by atoms with E-state index in [-0.39, 0.29) is 11.5 Å². The monoisotopic (exact) mass is 446 g/mol. The maximum absolute atomic E-state index is 13.2. The van der Waals surface area contributed by atoms with Gasteiger partial charge in [-0.3, -0.25) is 4.79 Å². The second-order valence-corrected chi connectivity index (χ2v) is 7.31. The molecule has 3 N–H and O–H groups in total. The molecule has 2 aromatic carbocycles. The Hall–Kier alpha value is -2.38. The van der Waals surface area contributed by atoms with Crippen molar-refractivity contribution in [2.24, 2.45) is 0 Å². The van der Waals surface area contributed by atoms with Gasteiger partial charge in [-0.25, -0.2) is 0 Å². The normalized spacial score (nSPS) is 16.6. The molecule has 0 saturated heterocycles. The Bertz CT molecular complexity index is 928. The maximum atomic E-state index is 13.2. The highest BCUT2D eigenvalue weighted by Gasteiger charge is 2.31. The molecule has 0 fully saturated rings. The number of phenolic OH excluding ortho intramolecular Hbond substituents is 1. The first-order valence-electron chi connectivity index (χ1n) is 8.45. The minimum atomic E-state index is -0.470. The topological polar surface area (TPSA) is 70.6 Å². The number of ether oxygens (including phenoxy) is 1. The minimum absolute atomic E-state index is 0.0220. The maximum Gasteiger partial charge on any atom is 0.193 e. The molecule has 3 rings (SSSR count). The molecule has 0 spiro atoms. The van der Waals surface area contributed by atoms with Crippen molar-refractivity contribution in [3.63, 3.8) is 0 Å². The number of hydrogen-bond acceptors (Lipinski definition) is 4. The van der Waals surface area contributed by atoms with Gasteiger partial charge in [0, 0.05) is 16.8 Å². The Morgan fingerprint density at radius 1 is 1.30 bits per heavy atom. The quantitative estimate of drug-likeness (QED) is 0.471. The molecule has 1 heterocycles. The summed E-state index contributed by atoms with van der Waals surface area (Å²) < 4.78 is 6.01. The number of Topliss-reactive ketones (excluding diaryl/α,β-unsaturated/α-hetero) is 1. The second kappa shape index (κ2) is 8.10. The van der Waals surface area contributed by atoms with Gasteiger partial charge in [-0.1, -0.05) is 30.3 Å². The fourth-order valence-electron chi connectivity index (χ4n) is 3.02. The molecular formula is C20H19BrN2O3S. The lowest BCUT2D eigenvalue weighted by Crippen LogP contribution is -2.44. The number of ketones is 1. The van der Waals surface area contributed by atoms with Crippen LogP contribution in [-0.2, 0) is 0 Å². The van der Waals surface area contributed by atoms with Gasteiger partial charge in [0.05, 0.1) is 17.1 Å². The van der Waals surface area contributed by atoms with Gasteiger partial charge in [0.25, 0.3) is 0 Å².